The van der Waals surface area contributed by atoms with E-state index in [1.54, 1.807) is 11.8 Å². The van der Waals surface area contributed by atoms with Gasteiger partial charge in [-0.1, -0.05) is 19.6 Å². The topological polar surface area (TPSA) is 127 Å². The summed E-state index contributed by atoms with van der Waals surface area (Å²) in [6, 6.07) is 0.118. The number of halogens is 6. The van der Waals surface area contributed by atoms with Crippen molar-refractivity contribution in [1.82, 2.24) is 30.1 Å². The molecule has 44 heavy (non-hydrogen) atoms. The molecule has 2 aromatic heterocycles. The zero-order chi connectivity index (χ0) is 32.7. The van der Waals surface area contributed by atoms with Gasteiger partial charge in [0.25, 0.3) is 11.5 Å². The molecule has 1 aliphatic heterocycles. The lowest BCUT2D eigenvalue weighted by atomic mass is 10.2. The predicted octanol–water partition coefficient (Wildman–Crippen LogP) is 3.05. The Kier molecular flexibility index (Phi) is 11.7. The maximum atomic E-state index is 13.8. The maximum absolute atomic E-state index is 13.8. The molecule has 0 aliphatic carbocycles. The predicted molar refractivity (Wildman–Crippen MR) is 150 cm³/mol. The van der Waals surface area contributed by atoms with Crippen LogP contribution in [0.3, 0.4) is 0 Å². The summed E-state index contributed by atoms with van der Waals surface area (Å²) in [6.45, 7) is 8.54. The summed E-state index contributed by atoms with van der Waals surface area (Å²) in [7, 11) is -1.42. The molecule has 1 aliphatic rings. The van der Waals surface area contributed by atoms with Crippen LogP contribution in [0.15, 0.2) is 23.4 Å². The quantitative estimate of drug-likeness (QED) is 0.144. The first kappa shape index (κ1) is 35.2. The molecule has 246 valence electrons. The smallest absolute Gasteiger partial charge is 0.379 e. The highest BCUT2D eigenvalue weighted by atomic mass is 28.3. The zero-order valence-electron chi connectivity index (χ0n) is 24.8. The molecular formula is C25H36F6N8O4Si. The normalized spacial score (nSPS) is 15.4. The number of hydroxylamine groups is 1. The molecule has 3 heterocycles. The third-order valence-corrected chi connectivity index (χ3v) is 8.21. The summed E-state index contributed by atoms with van der Waals surface area (Å²) in [5.74, 6) is -0.248. The molecule has 0 unspecified atom stereocenters. The molecule has 1 amide bonds. The largest absolute Gasteiger partial charge is 0.423 e. The summed E-state index contributed by atoms with van der Waals surface area (Å²) in [6.07, 6.45) is -7.16. The lowest BCUT2D eigenvalue weighted by Gasteiger charge is -2.34. The summed E-state index contributed by atoms with van der Waals surface area (Å²) < 4.78 is 85.5. The number of nitrogens with zero attached hydrogens (tertiary/aromatic N) is 6. The van der Waals surface area contributed by atoms with Crippen molar-refractivity contribution in [2.75, 3.05) is 56.2 Å². The molecular weight excluding hydrogens is 618 g/mol. The fraction of sp³-hybridized carbons (Fsp3) is 0.640. The molecule has 0 spiro atoms. The van der Waals surface area contributed by atoms with E-state index in [0.717, 1.165) is 12.2 Å². The first-order chi connectivity index (χ1) is 20.5. The van der Waals surface area contributed by atoms with Gasteiger partial charge in [0.1, 0.15) is 18.9 Å². The monoisotopic (exact) mass is 654 g/mol. The van der Waals surface area contributed by atoms with Crippen molar-refractivity contribution in [2.45, 2.75) is 57.7 Å². The molecule has 1 atom stereocenters. The van der Waals surface area contributed by atoms with E-state index in [0.29, 0.717) is 36.8 Å². The van der Waals surface area contributed by atoms with Crippen LogP contribution in [0.25, 0.3) is 0 Å². The van der Waals surface area contributed by atoms with Gasteiger partial charge in [0, 0.05) is 65.8 Å². The number of rotatable bonds is 13. The maximum Gasteiger partial charge on any atom is 0.423 e. The zero-order valence-corrected chi connectivity index (χ0v) is 25.8. The van der Waals surface area contributed by atoms with Crippen molar-refractivity contribution >= 4 is 25.6 Å². The van der Waals surface area contributed by atoms with Crippen LogP contribution >= 0.6 is 0 Å². The number of hydrogen-bond acceptors (Lipinski definition) is 10. The van der Waals surface area contributed by atoms with E-state index >= 15 is 0 Å². The minimum Gasteiger partial charge on any atom is -0.379 e. The van der Waals surface area contributed by atoms with Crippen molar-refractivity contribution in [2.24, 2.45) is 0 Å². The molecule has 0 radical (unpaired) electrons. The fourth-order valence-electron chi connectivity index (χ4n) is 3.98. The van der Waals surface area contributed by atoms with Crippen molar-refractivity contribution < 1.29 is 40.7 Å². The number of aromatic nitrogens is 4. The van der Waals surface area contributed by atoms with Gasteiger partial charge in [-0.25, -0.2) is 14.6 Å². The van der Waals surface area contributed by atoms with Crippen molar-refractivity contribution in [3.63, 3.8) is 0 Å². The number of piperazine rings is 1. The summed E-state index contributed by atoms with van der Waals surface area (Å²) in [5.41, 5.74) is -1.66. The number of nitrogens with one attached hydrogen (secondary N) is 2. The third kappa shape index (κ3) is 10.4. The van der Waals surface area contributed by atoms with Crippen molar-refractivity contribution in [3.8, 4) is 0 Å². The van der Waals surface area contributed by atoms with Crippen molar-refractivity contribution in [3.05, 3.63) is 40.1 Å². The summed E-state index contributed by atoms with van der Waals surface area (Å²) in [4.78, 5) is 40.9. The van der Waals surface area contributed by atoms with E-state index in [2.05, 4.69) is 45.5 Å². The number of ether oxygens (including phenoxy) is 1. The van der Waals surface area contributed by atoms with Crippen LogP contribution < -0.4 is 21.3 Å². The SMILES string of the molecule is C[C@@H](CNOCC(=O)N1CCN(c2ncc(C(F)(F)F)cn2)CC1)Nc1cnn(COCC[Si](C)(C)C)c(=O)c1C(F)(F)F. The molecule has 0 saturated carbocycles. The van der Waals surface area contributed by atoms with Crippen LogP contribution in [-0.2, 0) is 33.5 Å². The number of anilines is 2. The number of hydrogen-bond donors (Lipinski definition) is 2. The number of alkyl halides is 6. The standard InChI is InChI=1S/C25H36F6N8O4Si/c1-17(36-19-14-34-39(16-42-9-10-44(2,3)4)22(41)21(19)25(29,30)31)11-35-43-15-20(40)37-5-7-38(8-6-37)23-32-12-18(13-33-23)24(26,27)28/h12-14,17,35-36H,5-11,15-16H2,1-4H3/t17-/m0/s1. The second kappa shape index (κ2) is 14.7. The Morgan fingerprint density at radius 3 is 2.23 bits per heavy atom. The number of carbonyl (C=O) groups excluding carboxylic acids is 1. The van der Waals surface area contributed by atoms with Crippen LogP contribution in [0.4, 0.5) is 38.0 Å². The Labute approximate surface area is 250 Å². The molecule has 2 N–H and O–H groups in total. The van der Waals surface area contributed by atoms with Gasteiger partial charge in [-0.15, -0.1) is 0 Å². The van der Waals surface area contributed by atoms with E-state index in [1.165, 1.54) is 4.90 Å². The molecule has 2 aromatic rings. The molecule has 3 rings (SSSR count). The molecule has 1 saturated heterocycles. The number of carbonyl (C=O) groups is 1. The molecule has 0 aromatic carbocycles. The van der Waals surface area contributed by atoms with E-state index in [1.807, 2.05) is 0 Å². The van der Waals surface area contributed by atoms with E-state index < -0.39 is 55.6 Å². The second-order valence-corrected chi connectivity index (χ2v) is 17.0. The van der Waals surface area contributed by atoms with Crippen LogP contribution in [0.5, 0.6) is 0 Å². The van der Waals surface area contributed by atoms with Crippen LogP contribution in [-0.4, -0.2) is 90.6 Å². The highest BCUT2D eigenvalue weighted by Crippen LogP contribution is 2.32. The number of amides is 1. The van der Waals surface area contributed by atoms with Gasteiger partial charge in [0.2, 0.25) is 5.95 Å². The average molecular weight is 655 g/mol. The first-order valence-electron chi connectivity index (χ1n) is 13.7. The Bertz CT molecular complexity index is 1300. The Balaban J connectivity index is 1.44. The molecule has 0 bridgehead atoms. The van der Waals surface area contributed by atoms with Gasteiger partial charge in [0.15, 0.2) is 0 Å². The fourth-order valence-corrected chi connectivity index (χ4v) is 4.74. The first-order valence-corrected chi connectivity index (χ1v) is 17.4. The van der Waals surface area contributed by atoms with Crippen LogP contribution in [0.2, 0.25) is 25.7 Å². The lowest BCUT2D eigenvalue weighted by molar-refractivity contribution is -0.140. The third-order valence-electron chi connectivity index (χ3n) is 6.51. The van der Waals surface area contributed by atoms with Crippen LogP contribution in [0, 0.1) is 0 Å². The molecule has 12 nitrogen and oxygen atoms in total. The summed E-state index contributed by atoms with van der Waals surface area (Å²) >= 11 is 0. The highest BCUT2D eigenvalue weighted by Gasteiger charge is 2.38. The highest BCUT2D eigenvalue weighted by molar-refractivity contribution is 6.76. The minimum absolute atomic E-state index is 0.0213. The summed E-state index contributed by atoms with van der Waals surface area (Å²) in [5, 5.41) is 6.43. The van der Waals surface area contributed by atoms with E-state index in [-0.39, 0.29) is 38.1 Å². The van der Waals surface area contributed by atoms with E-state index in [4.69, 9.17) is 9.57 Å². The Hall–Kier alpha value is -3.29. The molecule has 19 heteroatoms. The second-order valence-electron chi connectivity index (χ2n) is 11.4. The molecule has 1 fully saturated rings. The van der Waals surface area contributed by atoms with Gasteiger partial charge >= 0.3 is 12.4 Å². The van der Waals surface area contributed by atoms with E-state index in [9.17, 15) is 35.9 Å². The minimum atomic E-state index is -4.94. The van der Waals surface area contributed by atoms with Gasteiger partial charge in [-0.05, 0) is 13.0 Å². The van der Waals surface area contributed by atoms with Gasteiger partial charge in [-0.2, -0.15) is 36.9 Å². The van der Waals surface area contributed by atoms with Crippen molar-refractivity contribution in [1.29, 1.82) is 0 Å². The van der Waals surface area contributed by atoms with Crippen LogP contribution in [0.1, 0.15) is 18.1 Å². The Morgan fingerprint density at radius 1 is 1.02 bits per heavy atom. The Morgan fingerprint density at radius 2 is 1.66 bits per heavy atom. The van der Waals surface area contributed by atoms with Gasteiger partial charge in [-0.3, -0.25) is 14.4 Å². The van der Waals surface area contributed by atoms with Gasteiger partial charge in [0.05, 0.1) is 17.4 Å². The average Bonchev–Trinajstić information content (AvgIpc) is 2.93. The lowest BCUT2D eigenvalue weighted by Crippen LogP contribution is -2.50. The van der Waals surface area contributed by atoms with Gasteiger partial charge < -0.3 is 19.9 Å².